The summed E-state index contributed by atoms with van der Waals surface area (Å²) >= 11 is 0. The van der Waals surface area contributed by atoms with Crippen molar-refractivity contribution in [3.8, 4) is 5.75 Å². The van der Waals surface area contributed by atoms with Crippen molar-refractivity contribution >= 4 is 11.6 Å². The Balaban J connectivity index is 1.22. The lowest BCUT2D eigenvalue weighted by Crippen LogP contribution is -2.50. The van der Waals surface area contributed by atoms with E-state index < -0.39 is 10.5 Å². The number of benzene rings is 2. The van der Waals surface area contributed by atoms with E-state index in [1.807, 2.05) is 30.3 Å². The summed E-state index contributed by atoms with van der Waals surface area (Å²) in [5, 5.41) is 35.5. The van der Waals surface area contributed by atoms with Crippen molar-refractivity contribution in [2.24, 2.45) is 17.8 Å². The standard InChI is InChI=1S/C25H29N3O5/c29-22-11-10-16(12-21(22)28(32)33)13-27-14-19-20(15-27)23(19)26-24(30)25(31,18-8-4-5-9-18)17-6-2-1-3-7-17/h1-3,6-7,10-12,18-20,23,29,31H,4-5,8-9,13-15H2,(H,26,30)/t19-,20+,23?,25?. The van der Waals surface area contributed by atoms with Crippen molar-refractivity contribution in [3.63, 3.8) is 0 Å². The van der Waals surface area contributed by atoms with Crippen LogP contribution in [0.1, 0.15) is 36.8 Å². The molecule has 2 aromatic carbocycles. The van der Waals surface area contributed by atoms with E-state index in [-0.39, 0.29) is 29.3 Å². The zero-order chi connectivity index (χ0) is 23.2. The predicted octanol–water partition coefficient (Wildman–Crippen LogP) is 2.92. The molecule has 2 aliphatic carbocycles. The number of likely N-dealkylation sites (tertiary alicyclic amines) is 1. The number of nitro benzene ring substituents is 1. The maximum atomic E-state index is 13.4. The van der Waals surface area contributed by atoms with Gasteiger partial charge in [-0.1, -0.05) is 49.2 Å². The molecule has 8 heteroatoms. The minimum absolute atomic E-state index is 0.0551. The molecule has 0 aromatic heterocycles. The van der Waals surface area contributed by atoms with Gasteiger partial charge in [0.15, 0.2) is 11.4 Å². The van der Waals surface area contributed by atoms with Crippen LogP contribution in [0.5, 0.6) is 5.75 Å². The first-order chi connectivity index (χ1) is 15.9. The second-order valence-electron chi connectivity index (χ2n) is 9.72. The Morgan fingerprint density at radius 2 is 1.79 bits per heavy atom. The van der Waals surface area contributed by atoms with Crippen LogP contribution in [0.2, 0.25) is 0 Å². The van der Waals surface area contributed by atoms with E-state index in [9.17, 15) is 25.1 Å². The molecule has 2 unspecified atom stereocenters. The molecule has 3 N–H and O–H groups in total. The molecule has 0 bridgehead atoms. The lowest BCUT2D eigenvalue weighted by atomic mass is 9.79. The fraction of sp³-hybridized carbons (Fsp3) is 0.480. The number of phenolic OH excluding ortho intramolecular Hbond substituents is 1. The second kappa shape index (κ2) is 8.43. The number of piperidine rings is 1. The highest BCUT2D eigenvalue weighted by Crippen LogP contribution is 2.47. The summed E-state index contributed by atoms with van der Waals surface area (Å²) in [5.41, 5.74) is -0.342. The third kappa shape index (κ3) is 3.98. The van der Waals surface area contributed by atoms with E-state index in [2.05, 4.69) is 10.2 Å². The maximum absolute atomic E-state index is 13.4. The van der Waals surface area contributed by atoms with Crippen LogP contribution in [0.15, 0.2) is 48.5 Å². The molecule has 1 amide bonds. The van der Waals surface area contributed by atoms with Gasteiger partial charge in [-0.25, -0.2) is 0 Å². The number of hydrogen-bond acceptors (Lipinski definition) is 6. The molecule has 3 fully saturated rings. The van der Waals surface area contributed by atoms with E-state index in [4.69, 9.17) is 0 Å². The number of aromatic hydroxyl groups is 1. The minimum Gasteiger partial charge on any atom is -0.502 e. The van der Waals surface area contributed by atoms with E-state index in [1.165, 1.54) is 12.1 Å². The van der Waals surface area contributed by atoms with Crippen molar-refractivity contribution in [1.29, 1.82) is 0 Å². The topological polar surface area (TPSA) is 116 Å². The Morgan fingerprint density at radius 3 is 2.42 bits per heavy atom. The Bertz CT molecular complexity index is 1040. The SMILES string of the molecule is O=C(NC1[C@H]2CN(Cc3ccc(O)c([N+](=O)[O-])c3)C[C@@H]12)C(O)(c1ccccc1)C1CCCC1. The smallest absolute Gasteiger partial charge is 0.311 e. The van der Waals surface area contributed by atoms with Crippen LogP contribution in [0.3, 0.4) is 0 Å². The van der Waals surface area contributed by atoms with Crippen LogP contribution in [-0.4, -0.2) is 45.1 Å². The zero-order valence-corrected chi connectivity index (χ0v) is 18.4. The van der Waals surface area contributed by atoms with Crippen molar-refractivity contribution in [2.45, 2.75) is 43.9 Å². The van der Waals surface area contributed by atoms with Gasteiger partial charge < -0.3 is 15.5 Å². The molecule has 5 rings (SSSR count). The largest absolute Gasteiger partial charge is 0.502 e. The molecular formula is C25H29N3O5. The average Bonchev–Trinajstić information content (AvgIpc) is 3.23. The Kier molecular flexibility index (Phi) is 5.58. The van der Waals surface area contributed by atoms with Gasteiger partial charge in [-0.3, -0.25) is 19.8 Å². The minimum atomic E-state index is -1.50. The van der Waals surface area contributed by atoms with Gasteiger partial charge in [0.05, 0.1) is 4.92 Å². The number of rotatable bonds is 7. The highest BCUT2D eigenvalue weighted by Gasteiger charge is 2.58. The number of aliphatic hydroxyl groups is 1. The Morgan fingerprint density at radius 1 is 1.12 bits per heavy atom. The number of phenols is 1. The van der Waals surface area contributed by atoms with E-state index in [1.54, 1.807) is 6.07 Å². The lowest BCUT2D eigenvalue weighted by Gasteiger charge is -2.33. The normalized spacial score (nSPS) is 26.5. The molecule has 33 heavy (non-hydrogen) atoms. The second-order valence-corrected chi connectivity index (χ2v) is 9.72. The molecule has 2 saturated carbocycles. The molecule has 3 aliphatic rings. The molecule has 1 heterocycles. The molecule has 4 atom stereocenters. The Labute approximate surface area is 192 Å². The summed E-state index contributed by atoms with van der Waals surface area (Å²) in [6.45, 7) is 2.14. The van der Waals surface area contributed by atoms with E-state index >= 15 is 0 Å². The average molecular weight is 452 g/mol. The van der Waals surface area contributed by atoms with E-state index in [0.717, 1.165) is 44.3 Å². The summed E-state index contributed by atoms with van der Waals surface area (Å²) < 4.78 is 0. The molecular weight excluding hydrogens is 422 g/mol. The number of hydrogen-bond donors (Lipinski definition) is 3. The first-order valence-corrected chi connectivity index (χ1v) is 11.7. The molecule has 8 nitrogen and oxygen atoms in total. The van der Waals surface area contributed by atoms with Crippen LogP contribution in [0.25, 0.3) is 0 Å². The summed E-state index contributed by atoms with van der Waals surface area (Å²) in [6, 6.07) is 13.8. The molecule has 0 spiro atoms. The fourth-order valence-electron chi connectivity index (χ4n) is 5.88. The van der Waals surface area contributed by atoms with Crippen LogP contribution in [0.4, 0.5) is 5.69 Å². The van der Waals surface area contributed by atoms with Gasteiger partial charge in [-0.15, -0.1) is 0 Å². The van der Waals surface area contributed by atoms with Gasteiger partial charge in [-0.05, 0) is 41.9 Å². The third-order valence-corrected chi connectivity index (χ3v) is 7.72. The van der Waals surface area contributed by atoms with Gasteiger partial charge in [0, 0.05) is 37.7 Å². The molecule has 0 radical (unpaired) electrons. The van der Waals surface area contributed by atoms with Crippen molar-refractivity contribution < 1.29 is 19.9 Å². The van der Waals surface area contributed by atoms with Crippen molar-refractivity contribution in [2.75, 3.05) is 13.1 Å². The monoisotopic (exact) mass is 451 g/mol. The van der Waals surface area contributed by atoms with Crippen LogP contribution >= 0.6 is 0 Å². The lowest BCUT2D eigenvalue weighted by molar-refractivity contribution is -0.385. The number of nitro groups is 1. The fourth-order valence-corrected chi connectivity index (χ4v) is 5.88. The molecule has 2 aromatic rings. The van der Waals surface area contributed by atoms with Gasteiger partial charge in [0.2, 0.25) is 0 Å². The van der Waals surface area contributed by atoms with E-state index in [0.29, 0.717) is 23.9 Å². The number of nitrogens with one attached hydrogen (secondary N) is 1. The molecule has 1 aliphatic heterocycles. The maximum Gasteiger partial charge on any atom is 0.311 e. The van der Waals surface area contributed by atoms with Crippen LogP contribution < -0.4 is 5.32 Å². The number of amides is 1. The first-order valence-electron chi connectivity index (χ1n) is 11.7. The highest BCUT2D eigenvalue weighted by molar-refractivity contribution is 5.87. The zero-order valence-electron chi connectivity index (χ0n) is 18.4. The summed E-state index contributed by atoms with van der Waals surface area (Å²) in [5.74, 6) is -0.0424. The third-order valence-electron chi connectivity index (χ3n) is 7.72. The van der Waals surface area contributed by atoms with Gasteiger partial charge >= 0.3 is 5.69 Å². The van der Waals surface area contributed by atoms with Crippen molar-refractivity contribution in [3.05, 3.63) is 69.8 Å². The van der Waals surface area contributed by atoms with Gasteiger partial charge in [-0.2, -0.15) is 0 Å². The van der Waals surface area contributed by atoms with Crippen LogP contribution in [0, 0.1) is 27.9 Å². The van der Waals surface area contributed by atoms with Gasteiger partial charge in [0.1, 0.15) is 0 Å². The Hall–Kier alpha value is -2.97. The number of carbonyl (C=O) groups excluding carboxylic acids is 1. The predicted molar refractivity (Wildman–Crippen MR) is 121 cm³/mol. The van der Waals surface area contributed by atoms with Crippen molar-refractivity contribution in [1.82, 2.24) is 10.2 Å². The number of carbonyl (C=O) groups is 1. The molecule has 1 saturated heterocycles. The summed E-state index contributed by atoms with van der Waals surface area (Å²) in [7, 11) is 0. The van der Waals surface area contributed by atoms with Crippen LogP contribution in [-0.2, 0) is 16.9 Å². The highest BCUT2D eigenvalue weighted by atomic mass is 16.6. The quantitative estimate of drug-likeness (QED) is 0.440. The summed E-state index contributed by atoms with van der Waals surface area (Å²) in [4.78, 5) is 26.1. The van der Waals surface area contributed by atoms with Gasteiger partial charge in [0.25, 0.3) is 5.91 Å². The summed E-state index contributed by atoms with van der Waals surface area (Å²) in [6.07, 6.45) is 3.77. The number of nitrogens with zero attached hydrogens (tertiary/aromatic N) is 2. The first kappa shape index (κ1) is 21.9. The molecule has 174 valence electrons. The number of fused-ring (bicyclic) bond motifs is 1.